The highest BCUT2D eigenvalue weighted by molar-refractivity contribution is 6.32. The molecule has 0 aliphatic heterocycles. The first kappa shape index (κ1) is 15.6. The van der Waals surface area contributed by atoms with Gasteiger partial charge in [-0.25, -0.2) is 0 Å². The number of ether oxygens (including phenoxy) is 1. The second-order valence-corrected chi connectivity index (χ2v) is 6.23. The van der Waals surface area contributed by atoms with Gasteiger partial charge in [-0.05, 0) is 48.3 Å². The van der Waals surface area contributed by atoms with Gasteiger partial charge in [0.2, 0.25) is 0 Å². The number of halogens is 1. The van der Waals surface area contributed by atoms with E-state index in [2.05, 4.69) is 19.9 Å². The minimum atomic E-state index is -0.173. The third-order valence-electron chi connectivity index (χ3n) is 4.08. The number of hydrogen-bond donors (Lipinski definition) is 2. The van der Waals surface area contributed by atoms with Crippen LogP contribution in [-0.4, -0.2) is 13.2 Å². The molecule has 1 aliphatic rings. The minimum absolute atomic E-state index is 0.173. The molecule has 1 saturated carbocycles. The van der Waals surface area contributed by atoms with Gasteiger partial charge < -0.3 is 16.2 Å². The van der Waals surface area contributed by atoms with Crippen molar-refractivity contribution >= 4 is 11.6 Å². The monoisotopic (exact) mass is 296 g/mol. The molecule has 2 rings (SSSR count). The Morgan fingerprint density at radius 1 is 1.40 bits per heavy atom. The van der Waals surface area contributed by atoms with E-state index in [1.807, 2.05) is 6.07 Å². The average Bonchev–Trinajstić information content (AvgIpc) is 3.27. The summed E-state index contributed by atoms with van der Waals surface area (Å²) in [4.78, 5) is 0. The summed E-state index contributed by atoms with van der Waals surface area (Å²) in [7, 11) is 0. The average molecular weight is 297 g/mol. The van der Waals surface area contributed by atoms with E-state index in [9.17, 15) is 0 Å². The van der Waals surface area contributed by atoms with E-state index in [0.717, 1.165) is 29.9 Å². The largest absolute Gasteiger partial charge is 0.491 e. The van der Waals surface area contributed by atoms with E-state index in [-0.39, 0.29) is 6.04 Å². The number of rotatable bonds is 7. The van der Waals surface area contributed by atoms with Crippen molar-refractivity contribution < 1.29 is 4.74 Å². The van der Waals surface area contributed by atoms with Crippen LogP contribution in [0.1, 0.15) is 56.2 Å². The van der Waals surface area contributed by atoms with Gasteiger partial charge in [0.25, 0.3) is 0 Å². The molecule has 4 heteroatoms. The van der Waals surface area contributed by atoms with Crippen molar-refractivity contribution in [1.82, 2.24) is 0 Å². The molecule has 1 aromatic carbocycles. The van der Waals surface area contributed by atoms with E-state index < -0.39 is 0 Å². The fourth-order valence-corrected chi connectivity index (χ4v) is 2.50. The van der Waals surface area contributed by atoms with Gasteiger partial charge in [-0.1, -0.05) is 31.5 Å². The Morgan fingerprint density at radius 3 is 2.65 bits per heavy atom. The molecule has 0 spiro atoms. The number of hydrogen-bond acceptors (Lipinski definition) is 3. The maximum absolute atomic E-state index is 6.42. The summed E-state index contributed by atoms with van der Waals surface area (Å²) < 4.78 is 5.98. The second-order valence-electron chi connectivity index (χ2n) is 5.83. The van der Waals surface area contributed by atoms with Crippen molar-refractivity contribution in [3.05, 3.63) is 28.3 Å². The highest BCUT2D eigenvalue weighted by atomic mass is 35.5. The van der Waals surface area contributed by atoms with Crippen LogP contribution in [0.4, 0.5) is 0 Å². The van der Waals surface area contributed by atoms with Crippen molar-refractivity contribution in [2.45, 2.75) is 45.1 Å². The third kappa shape index (κ3) is 3.66. The minimum Gasteiger partial charge on any atom is -0.491 e. The summed E-state index contributed by atoms with van der Waals surface area (Å²) >= 11 is 6.42. The first-order valence-electron chi connectivity index (χ1n) is 7.48. The Bertz CT molecular complexity index is 460. The lowest BCUT2D eigenvalue weighted by molar-refractivity contribution is 0.295. The zero-order valence-corrected chi connectivity index (χ0v) is 13.1. The zero-order valence-electron chi connectivity index (χ0n) is 12.4. The zero-order chi connectivity index (χ0) is 14.7. The van der Waals surface area contributed by atoms with Gasteiger partial charge in [0.15, 0.2) is 0 Å². The summed E-state index contributed by atoms with van der Waals surface area (Å²) in [6.45, 7) is 5.54. The molecule has 0 bridgehead atoms. The summed E-state index contributed by atoms with van der Waals surface area (Å²) in [6.07, 6.45) is 3.58. The molecule has 0 amide bonds. The van der Waals surface area contributed by atoms with Crippen LogP contribution in [-0.2, 0) is 0 Å². The Hall–Kier alpha value is -0.770. The Labute approximate surface area is 126 Å². The summed E-state index contributed by atoms with van der Waals surface area (Å²) in [5, 5.41) is 0.655. The van der Waals surface area contributed by atoms with Crippen LogP contribution in [0.15, 0.2) is 12.1 Å². The van der Waals surface area contributed by atoms with E-state index in [0.29, 0.717) is 23.4 Å². The normalized spacial score (nSPS) is 17.9. The molecule has 1 aromatic rings. The maximum Gasteiger partial charge on any atom is 0.141 e. The Balaban J connectivity index is 2.31. The highest BCUT2D eigenvalue weighted by Crippen LogP contribution is 2.39. The first-order chi connectivity index (χ1) is 9.56. The van der Waals surface area contributed by atoms with Gasteiger partial charge in [0.05, 0.1) is 11.6 Å². The maximum atomic E-state index is 6.42. The molecule has 2 atom stereocenters. The van der Waals surface area contributed by atoms with Gasteiger partial charge >= 0.3 is 0 Å². The number of nitrogens with two attached hydrogens (primary N) is 2. The molecule has 0 saturated heterocycles. The molecule has 1 aliphatic carbocycles. The second kappa shape index (κ2) is 6.79. The summed E-state index contributed by atoms with van der Waals surface area (Å²) in [6, 6.07) is 3.83. The lowest BCUT2D eigenvalue weighted by Crippen LogP contribution is -2.21. The Morgan fingerprint density at radius 2 is 2.10 bits per heavy atom. The van der Waals surface area contributed by atoms with Crippen molar-refractivity contribution in [3.63, 3.8) is 0 Å². The predicted octanol–water partition coefficient (Wildman–Crippen LogP) is 3.60. The van der Waals surface area contributed by atoms with Crippen LogP contribution in [0, 0.1) is 5.92 Å². The van der Waals surface area contributed by atoms with E-state index in [4.69, 9.17) is 27.8 Å². The lowest BCUT2D eigenvalue weighted by atomic mass is 9.94. The molecule has 0 radical (unpaired) electrons. The molecule has 1 fully saturated rings. The van der Waals surface area contributed by atoms with Crippen LogP contribution >= 0.6 is 11.6 Å². The molecule has 2 unspecified atom stereocenters. The predicted molar refractivity (Wildman–Crippen MR) is 84.4 cm³/mol. The molecule has 0 aromatic heterocycles. The molecule has 20 heavy (non-hydrogen) atoms. The first-order valence-corrected chi connectivity index (χ1v) is 7.86. The molecule has 112 valence electrons. The van der Waals surface area contributed by atoms with Crippen molar-refractivity contribution in [1.29, 1.82) is 0 Å². The van der Waals surface area contributed by atoms with Crippen molar-refractivity contribution in [3.8, 4) is 5.75 Å². The molecule has 0 heterocycles. The quantitative estimate of drug-likeness (QED) is 0.808. The van der Waals surface area contributed by atoms with E-state index >= 15 is 0 Å². The SMILES string of the molecule is CCC(C)c1cc(C(N)CN)cc(Cl)c1OCC1CC1. The molecule has 3 nitrogen and oxygen atoms in total. The lowest BCUT2D eigenvalue weighted by Gasteiger charge is -2.20. The summed E-state index contributed by atoms with van der Waals surface area (Å²) in [5.74, 6) is 1.94. The van der Waals surface area contributed by atoms with Gasteiger partial charge in [-0.3, -0.25) is 0 Å². The third-order valence-corrected chi connectivity index (χ3v) is 4.36. The van der Waals surface area contributed by atoms with Gasteiger partial charge in [0, 0.05) is 12.6 Å². The van der Waals surface area contributed by atoms with Crippen LogP contribution in [0.3, 0.4) is 0 Å². The van der Waals surface area contributed by atoms with E-state index in [1.54, 1.807) is 0 Å². The van der Waals surface area contributed by atoms with Crippen LogP contribution < -0.4 is 16.2 Å². The molecule has 4 N–H and O–H groups in total. The molecular formula is C16H25ClN2O. The van der Waals surface area contributed by atoms with E-state index in [1.165, 1.54) is 12.8 Å². The van der Waals surface area contributed by atoms with Crippen LogP contribution in [0.25, 0.3) is 0 Å². The fourth-order valence-electron chi connectivity index (χ4n) is 2.21. The van der Waals surface area contributed by atoms with Crippen LogP contribution in [0.5, 0.6) is 5.75 Å². The summed E-state index contributed by atoms with van der Waals surface area (Å²) in [5.41, 5.74) is 13.8. The standard InChI is InChI=1S/C16H25ClN2O/c1-3-10(2)13-6-12(15(19)8-18)7-14(17)16(13)20-9-11-4-5-11/h6-7,10-11,15H,3-5,8-9,18-19H2,1-2H3. The van der Waals surface area contributed by atoms with Gasteiger partial charge in [0.1, 0.15) is 5.75 Å². The van der Waals surface area contributed by atoms with Crippen molar-refractivity contribution in [2.24, 2.45) is 17.4 Å². The fraction of sp³-hybridized carbons (Fsp3) is 0.625. The van der Waals surface area contributed by atoms with Gasteiger partial charge in [-0.2, -0.15) is 0 Å². The number of benzene rings is 1. The van der Waals surface area contributed by atoms with Gasteiger partial charge in [-0.15, -0.1) is 0 Å². The topological polar surface area (TPSA) is 61.3 Å². The Kier molecular flexibility index (Phi) is 5.30. The van der Waals surface area contributed by atoms with Crippen molar-refractivity contribution in [2.75, 3.05) is 13.2 Å². The molecular weight excluding hydrogens is 272 g/mol. The van der Waals surface area contributed by atoms with Crippen LogP contribution in [0.2, 0.25) is 5.02 Å². The smallest absolute Gasteiger partial charge is 0.141 e. The highest BCUT2D eigenvalue weighted by Gasteiger charge is 2.24.